The van der Waals surface area contributed by atoms with Crippen molar-refractivity contribution in [3.05, 3.63) is 29.3 Å². The summed E-state index contributed by atoms with van der Waals surface area (Å²) in [6.07, 6.45) is 1.90. The lowest BCUT2D eigenvalue weighted by Crippen LogP contribution is -2.41. The zero-order valence-corrected chi connectivity index (χ0v) is 13.9. The predicted molar refractivity (Wildman–Crippen MR) is 92.0 cm³/mol. The SMILES string of the molecule is CCNC(=NCCc1ccc2c(c1)CCO2)NCCNC(C)=O. The molecule has 0 saturated carbocycles. The number of aliphatic imine (C=N–C) groups is 1. The fourth-order valence-electron chi connectivity index (χ4n) is 2.45. The number of amides is 1. The first-order chi connectivity index (χ1) is 11.2. The maximum atomic E-state index is 10.8. The normalized spacial score (nSPS) is 13.2. The van der Waals surface area contributed by atoms with Crippen molar-refractivity contribution in [1.29, 1.82) is 0 Å². The van der Waals surface area contributed by atoms with Crippen LogP contribution >= 0.6 is 0 Å². The number of nitrogens with zero attached hydrogens (tertiary/aromatic N) is 1. The molecule has 0 unspecified atom stereocenters. The topological polar surface area (TPSA) is 74.8 Å². The highest BCUT2D eigenvalue weighted by Gasteiger charge is 2.11. The standard InChI is InChI=1S/C17H26N4O2/c1-3-18-17(21-10-9-19-13(2)22)20-8-6-14-4-5-16-15(12-14)7-11-23-16/h4-5,12H,3,6-11H2,1-2H3,(H,19,22)(H2,18,20,21). The largest absolute Gasteiger partial charge is 0.493 e. The highest BCUT2D eigenvalue weighted by atomic mass is 16.5. The van der Waals surface area contributed by atoms with E-state index < -0.39 is 0 Å². The Morgan fingerprint density at radius 2 is 2.09 bits per heavy atom. The average molecular weight is 318 g/mol. The van der Waals surface area contributed by atoms with Gasteiger partial charge in [0.1, 0.15) is 5.75 Å². The first-order valence-corrected chi connectivity index (χ1v) is 8.20. The van der Waals surface area contributed by atoms with Crippen LogP contribution in [0.5, 0.6) is 5.75 Å². The summed E-state index contributed by atoms with van der Waals surface area (Å²) >= 11 is 0. The van der Waals surface area contributed by atoms with E-state index in [9.17, 15) is 4.79 Å². The van der Waals surface area contributed by atoms with Crippen LogP contribution in [0.3, 0.4) is 0 Å². The molecule has 1 aromatic carbocycles. The molecular weight excluding hydrogens is 292 g/mol. The molecule has 6 nitrogen and oxygen atoms in total. The van der Waals surface area contributed by atoms with Crippen LogP contribution in [0, 0.1) is 0 Å². The van der Waals surface area contributed by atoms with E-state index in [-0.39, 0.29) is 5.91 Å². The Bertz CT molecular complexity index is 558. The lowest BCUT2D eigenvalue weighted by atomic mass is 10.1. The highest BCUT2D eigenvalue weighted by molar-refractivity contribution is 5.79. The van der Waals surface area contributed by atoms with E-state index >= 15 is 0 Å². The second kappa shape index (κ2) is 9.02. The van der Waals surface area contributed by atoms with E-state index in [1.807, 2.05) is 6.92 Å². The minimum Gasteiger partial charge on any atom is -0.493 e. The van der Waals surface area contributed by atoms with Gasteiger partial charge in [-0.2, -0.15) is 0 Å². The minimum atomic E-state index is -0.0191. The van der Waals surface area contributed by atoms with Gasteiger partial charge in [-0.15, -0.1) is 0 Å². The third kappa shape index (κ3) is 5.81. The van der Waals surface area contributed by atoms with Crippen LogP contribution < -0.4 is 20.7 Å². The zero-order valence-electron chi connectivity index (χ0n) is 13.9. The van der Waals surface area contributed by atoms with Crippen LogP contribution in [0.2, 0.25) is 0 Å². The zero-order chi connectivity index (χ0) is 16.5. The average Bonchev–Trinajstić information content (AvgIpc) is 2.99. The second-order valence-corrected chi connectivity index (χ2v) is 5.46. The number of ether oxygens (including phenoxy) is 1. The number of carbonyl (C=O) groups excluding carboxylic acids is 1. The Morgan fingerprint density at radius 1 is 1.26 bits per heavy atom. The van der Waals surface area contributed by atoms with Gasteiger partial charge in [0.25, 0.3) is 0 Å². The van der Waals surface area contributed by atoms with Crippen LogP contribution in [0.4, 0.5) is 0 Å². The minimum absolute atomic E-state index is 0.0191. The summed E-state index contributed by atoms with van der Waals surface area (Å²) in [6.45, 7) is 7.11. The molecule has 3 N–H and O–H groups in total. The van der Waals surface area contributed by atoms with Crippen LogP contribution in [-0.4, -0.2) is 44.7 Å². The highest BCUT2D eigenvalue weighted by Crippen LogP contribution is 2.25. The van der Waals surface area contributed by atoms with Crippen molar-refractivity contribution in [2.75, 3.05) is 32.8 Å². The molecule has 1 aromatic rings. The van der Waals surface area contributed by atoms with Crippen molar-refractivity contribution < 1.29 is 9.53 Å². The first kappa shape index (κ1) is 17.1. The molecule has 1 aliphatic rings. The molecule has 23 heavy (non-hydrogen) atoms. The number of hydrogen-bond acceptors (Lipinski definition) is 3. The molecule has 1 heterocycles. The van der Waals surface area contributed by atoms with Crippen LogP contribution in [-0.2, 0) is 17.6 Å². The third-order valence-corrected chi connectivity index (χ3v) is 3.56. The Morgan fingerprint density at radius 3 is 2.87 bits per heavy atom. The van der Waals surface area contributed by atoms with Crippen molar-refractivity contribution in [2.24, 2.45) is 4.99 Å². The van der Waals surface area contributed by atoms with Crippen LogP contribution in [0.15, 0.2) is 23.2 Å². The van der Waals surface area contributed by atoms with E-state index in [1.165, 1.54) is 18.1 Å². The molecule has 1 aliphatic heterocycles. The van der Waals surface area contributed by atoms with Gasteiger partial charge in [0.15, 0.2) is 5.96 Å². The Hall–Kier alpha value is -2.24. The molecular formula is C17H26N4O2. The number of rotatable bonds is 7. The van der Waals surface area contributed by atoms with E-state index in [4.69, 9.17) is 4.74 Å². The number of nitrogens with one attached hydrogen (secondary N) is 3. The molecule has 0 bridgehead atoms. The van der Waals surface area contributed by atoms with Gasteiger partial charge in [-0.1, -0.05) is 12.1 Å². The third-order valence-electron chi connectivity index (χ3n) is 3.56. The van der Waals surface area contributed by atoms with Crippen molar-refractivity contribution in [2.45, 2.75) is 26.7 Å². The number of guanidine groups is 1. The summed E-state index contributed by atoms with van der Waals surface area (Å²) in [6, 6.07) is 6.38. The molecule has 6 heteroatoms. The van der Waals surface area contributed by atoms with Gasteiger partial charge in [-0.05, 0) is 30.5 Å². The maximum Gasteiger partial charge on any atom is 0.216 e. The van der Waals surface area contributed by atoms with Crippen LogP contribution in [0.25, 0.3) is 0 Å². The Balaban J connectivity index is 1.79. The molecule has 0 aromatic heterocycles. The van der Waals surface area contributed by atoms with Gasteiger partial charge in [0, 0.05) is 39.5 Å². The number of fused-ring (bicyclic) bond motifs is 1. The monoisotopic (exact) mass is 318 g/mol. The first-order valence-electron chi connectivity index (χ1n) is 8.20. The van der Waals surface area contributed by atoms with Gasteiger partial charge in [-0.25, -0.2) is 0 Å². The number of hydrogen-bond donors (Lipinski definition) is 3. The maximum absolute atomic E-state index is 10.8. The Labute approximate surface area is 137 Å². The Kier molecular flexibility index (Phi) is 6.72. The van der Waals surface area contributed by atoms with Gasteiger partial charge >= 0.3 is 0 Å². The molecule has 1 amide bonds. The van der Waals surface area contributed by atoms with Crippen LogP contribution in [0.1, 0.15) is 25.0 Å². The summed E-state index contributed by atoms with van der Waals surface area (Å²) in [5.41, 5.74) is 2.58. The van der Waals surface area contributed by atoms with Gasteiger partial charge in [0.05, 0.1) is 6.61 Å². The number of carbonyl (C=O) groups is 1. The van der Waals surface area contributed by atoms with Gasteiger partial charge in [0.2, 0.25) is 5.91 Å². The summed E-state index contributed by atoms with van der Waals surface area (Å²) in [5, 5.41) is 9.17. The molecule has 0 radical (unpaired) electrons. The van der Waals surface area contributed by atoms with E-state index in [1.54, 1.807) is 0 Å². The lowest BCUT2D eigenvalue weighted by Gasteiger charge is -2.11. The molecule has 0 aliphatic carbocycles. The molecule has 0 fully saturated rings. The van der Waals surface area contributed by atoms with Crippen molar-refractivity contribution in [3.8, 4) is 5.75 Å². The second-order valence-electron chi connectivity index (χ2n) is 5.46. The van der Waals surface area contributed by atoms with E-state index in [2.05, 4.69) is 39.1 Å². The fourth-order valence-corrected chi connectivity index (χ4v) is 2.45. The summed E-state index contributed by atoms with van der Waals surface area (Å²) < 4.78 is 5.52. The fraction of sp³-hybridized carbons (Fsp3) is 0.529. The van der Waals surface area contributed by atoms with E-state index in [0.717, 1.165) is 44.2 Å². The quantitative estimate of drug-likeness (QED) is 0.396. The van der Waals surface area contributed by atoms with E-state index in [0.29, 0.717) is 13.1 Å². The summed E-state index contributed by atoms with van der Waals surface area (Å²) in [7, 11) is 0. The van der Waals surface area contributed by atoms with Crippen molar-refractivity contribution in [1.82, 2.24) is 16.0 Å². The van der Waals surface area contributed by atoms with Gasteiger partial charge < -0.3 is 20.7 Å². The number of benzene rings is 1. The summed E-state index contributed by atoms with van der Waals surface area (Å²) in [5.74, 6) is 1.78. The molecule has 0 spiro atoms. The predicted octanol–water partition coefficient (Wildman–Crippen LogP) is 0.855. The van der Waals surface area contributed by atoms with Crippen molar-refractivity contribution >= 4 is 11.9 Å². The molecule has 0 atom stereocenters. The lowest BCUT2D eigenvalue weighted by molar-refractivity contribution is -0.118. The molecule has 126 valence electrons. The molecule has 0 saturated heterocycles. The van der Waals surface area contributed by atoms with Crippen molar-refractivity contribution in [3.63, 3.8) is 0 Å². The smallest absolute Gasteiger partial charge is 0.216 e. The summed E-state index contributed by atoms with van der Waals surface area (Å²) in [4.78, 5) is 15.4. The molecule has 2 rings (SSSR count). The van der Waals surface area contributed by atoms with Gasteiger partial charge in [-0.3, -0.25) is 9.79 Å².